The molecule has 3 N–H and O–H groups in total. The van der Waals surface area contributed by atoms with E-state index in [1.54, 1.807) is 0 Å². The summed E-state index contributed by atoms with van der Waals surface area (Å²) in [6.07, 6.45) is 0.934. The van der Waals surface area contributed by atoms with Crippen LogP contribution in [0.4, 0.5) is 11.5 Å². The van der Waals surface area contributed by atoms with Gasteiger partial charge in [0.2, 0.25) is 0 Å². The van der Waals surface area contributed by atoms with Gasteiger partial charge < -0.3 is 20.2 Å². The zero-order valence-electron chi connectivity index (χ0n) is 9.89. The molecule has 0 saturated heterocycles. The fraction of sp³-hybridized carbons (Fsp3) is 0.400. The fourth-order valence-electron chi connectivity index (χ4n) is 1.52. The van der Waals surface area contributed by atoms with Gasteiger partial charge in [-0.15, -0.1) is 0 Å². The van der Waals surface area contributed by atoms with Crippen molar-refractivity contribution in [3.63, 3.8) is 0 Å². The summed E-state index contributed by atoms with van der Waals surface area (Å²) in [5.41, 5.74) is -0.787. The zero-order valence-corrected chi connectivity index (χ0v) is 9.89. The first-order valence-corrected chi connectivity index (χ1v) is 5.35. The number of hydrogen-bond donors (Lipinski definition) is 3. The van der Waals surface area contributed by atoms with E-state index in [2.05, 4.69) is 4.98 Å². The van der Waals surface area contributed by atoms with E-state index in [9.17, 15) is 14.9 Å². The Hall–Kier alpha value is -2.26. The highest BCUT2D eigenvalue weighted by atomic mass is 16.6. The summed E-state index contributed by atoms with van der Waals surface area (Å²) >= 11 is 0. The largest absolute Gasteiger partial charge is 0.478 e. The molecule has 0 aliphatic carbocycles. The van der Waals surface area contributed by atoms with Gasteiger partial charge in [-0.1, -0.05) is 0 Å². The van der Waals surface area contributed by atoms with Crippen molar-refractivity contribution in [2.24, 2.45) is 0 Å². The molecule has 0 aromatic carbocycles. The first-order valence-electron chi connectivity index (χ1n) is 5.35. The number of hydrogen-bond acceptors (Lipinski definition) is 7. The number of nitrogens with zero attached hydrogens (tertiary/aromatic N) is 3. The molecule has 0 spiro atoms. The predicted octanol–water partition coefficient (Wildman–Crippen LogP) is -0.521. The molecule has 104 valence electrons. The molecule has 0 atom stereocenters. The Morgan fingerprint density at radius 1 is 1.37 bits per heavy atom. The highest BCUT2D eigenvalue weighted by Crippen LogP contribution is 2.22. The summed E-state index contributed by atoms with van der Waals surface area (Å²) in [5, 5.41) is 37.4. The van der Waals surface area contributed by atoms with Gasteiger partial charge >= 0.3 is 5.97 Å². The molecule has 1 heterocycles. The second kappa shape index (κ2) is 6.61. The molecule has 0 aliphatic rings. The van der Waals surface area contributed by atoms with Crippen LogP contribution in [0.15, 0.2) is 12.3 Å². The number of nitro groups is 1. The van der Waals surface area contributed by atoms with E-state index in [0.29, 0.717) is 0 Å². The lowest BCUT2D eigenvalue weighted by Gasteiger charge is -2.22. The maximum absolute atomic E-state index is 11.1. The van der Waals surface area contributed by atoms with Crippen LogP contribution >= 0.6 is 0 Å². The number of aliphatic hydroxyl groups is 2. The maximum Gasteiger partial charge on any atom is 0.339 e. The summed E-state index contributed by atoms with van der Waals surface area (Å²) < 4.78 is 0. The van der Waals surface area contributed by atoms with E-state index in [0.717, 1.165) is 12.3 Å². The number of anilines is 1. The van der Waals surface area contributed by atoms with Gasteiger partial charge in [0.15, 0.2) is 0 Å². The van der Waals surface area contributed by atoms with Crippen LogP contribution in [0.2, 0.25) is 0 Å². The Bertz CT molecular complexity index is 472. The van der Waals surface area contributed by atoms with Gasteiger partial charge in [0.25, 0.3) is 5.69 Å². The van der Waals surface area contributed by atoms with E-state index >= 15 is 0 Å². The van der Waals surface area contributed by atoms with E-state index in [4.69, 9.17) is 15.3 Å². The number of carbonyl (C=O) groups is 1. The van der Waals surface area contributed by atoms with Crippen LogP contribution in [0.25, 0.3) is 0 Å². The van der Waals surface area contributed by atoms with Gasteiger partial charge in [-0.25, -0.2) is 9.78 Å². The van der Waals surface area contributed by atoms with Crippen molar-refractivity contribution in [3.05, 3.63) is 27.9 Å². The Kier molecular flexibility index (Phi) is 5.15. The molecule has 1 rings (SSSR count). The molecule has 1 aromatic heterocycles. The van der Waals surface area contributed by atoms with Crippen LogP contribution < -0.4 is 4.90 Å². The van der Waals surface area contributed by atoms with Crippen LogP contribution in [0.5, 0.6) is 0 Å². The molecule has 0 saturated carbocycles. The Balaban J connectivity index is 3.24. The third kappa shape index (κ3) is 3.60. The van der Waals surface area contributed by atoms with Crippen molar-refractivity contribution >= 4 is 17.5 Å². The van der Waals surface area contributed by atoms with Gasteiger partial charge in [0, 0.05) is 19.2 Å². The van der Waals surface area contributed by atoms with Crippen molar-refractivity contribution in [1.29, 1.82) is 0 Å². The highest BCUT2D eigenvalue weighted by Gasteiger charge is 2.21. The van der Waals surface area contributed by atoms with E-state index < -0.39 is 16.6 Å². The zero-order chi connectivity index (χ0) is 14.4. The van der Waals surface area contributed by atoms with Crippen LogP contribution in [0.1, 0.15) is 10.4 Å². The molecule has 9 nitrogen and oxygen atoms in total. The Morgan fingerprint density at radius 3 is 2.37 bits per heavy atom. The van der Waals surface area contributed by atoms with E-state index in [1.807, 2.05) is 0 Å². The average molecular weight is 271 g/mol. The van der Waals surface area contributed by atoms with Crippen molar-refractivity contribution in [2.45, 2.75) is 0 Å². The lowest BCUT2D eigenvalue weighted by molar-refractivity contribution is -0.385. The number of carboxylic acids is 1. The lowest BCUT2D eigenvalue weighted by Crippen LogP contribution is -2.32. The van der Waals surface area contributed by atoms with Crippen molar-refractivity contribution in [2.75, 3.05) is 31.2 Å². The minimum absolute atomic E-state index is 0.0267. The molecule has 19 heavy (non-hydrogen) atoms. The first kappa shape index (κ1) is 14.8. The molecular weight excluding hydrogens is 258 g/mol. The van der Waals surface area contributed by atoms with E-state index in [-0.39, 0.29) is 37.7 Å². The molecule has 0 fully saturated rings. The van der Waals surface area contributed by atoms with E-state index in [1.165, 1.54) is 4.90 Å². The number of aromatic carboxylic acids is 1. The number of rotatable bonds is 7. The second-order valence-corrected chi connectivity index (χ2v) is 3.56. The molecule has 0 amide bonds. The third-order valence-electron chi connectivity index (χ3n) is 2.33. The normalized spacial score (nSPS) is 10.2. The maximum atomic E-state index is 11.1. The molecule has 0 unspecified atom stereocenters. The van der Waals surface area contributed by atoms with Crippen LogP contribution in [0.3, 0.4) is 0 Å². The van der Waals surface area contributed by atoms with Crippen LogP contribution in [-0.2, 0) is 0 Å². The summed E-state index contributed by atoms with van der Waals surface area (Å²) in [4.78, 5) is 26.0. The minimum Gasteiger partial charge on any atom is -0.478 e. The standard InChI is InChI=1S/C10H13N3O6/c14-3-1-12(2-4-15)9-8(10(16)17)5-7(6-11-9)13(18)19/h5-6,14-15H,1-4H2,(H,16,17). The fourth-order valence-corrected chi connectivity index (χ4v) is 1.52. The van der Waals surface area contributed by atoms with Gasteiger partial charge in [-0.05, 0) is 0 Å². The molecule has 9 heteroatoms. The summed E-state index contributed by atoms with van der Waals surface area (Å²) in [7, 11) is 0. The molecule has 1 aromatic rings. The number of carboxylic acid groups (broad SMARTS) is 1. The summed E-state index contributed by atoms with van der Waals surface area (Å²) in [5.74, 6) is -1.40. The predicted molar refractivity (Wildman–Crippen MR) is 64.2 cm³/mol. The van der Waals surface area contributed by atoms with Gasteiger partial charge in [0.1, 0.15) is 17.6 Å². The van der Waals surface area contributed by atoms with Crippen molar-refractivity contribution in [1.82, 2.24) is 4.98 Å². The minimum atomic E-state index is -1.37. The number of aromatic nitrogens is 1. The van der Waals surface area contributed by atoms with Crippen LogP contribution in [0, 0.1) is 10.1 Å². The number of aliphatic hydroxyl groups excluding tert-OH is 2. The summed E-state index contributed by atoms with van der Waals surface area (Å²) in [6.45, 7) is -0.410. The molecule has 0 radical (unpaired) electrons. The van der Waals surface area contributed by atoms with Crippen molar-refractivity contribution < 1.29 is 25.0 Å². The lowest BCUT2D eigenvalue weighted by atomic mass is 10.2. The SMILES string of the molecule is O=C(O)c1cc([N+](=O)[O-])cnc1N(CCO)CCO. The quantitative estimate of drug-likeness (QED) is 0.445. The first-order chi connectivity index (χ1) is 9.01. The van der Waals surface area contributed by atoms with Gasteiger partial charge in [-0.3, -0.25) is 10.1 Å². The summed E-state index contributed by atoms with van der Waals surface area (Å²) in [6, 6.07) is 0.895. The third-order valence-corrected chi connectivity index (χ3v) is 2.33. The molecule has 0 aliphatic heterocycles. The molecule has 0 bridgehead atoms. The smallest absolute Gasteiger partial charge is 0.339 e. The Morgan fingerprint density at radius 2 is 1.95 bits per heavy atom. The highest BCUT2D eigenvalue weighted by molar-refractivity contribution is 5.94. The topological polar surface area (TPSA) is 137 Å². The second-order valence-electron chi connectivity index (χ2n) is 3.56. The number of pyridine rings is 1. The molecular formula is C10H13N3O6. The Labute approximate surface area is 107 Å². The van der Waals surface area contributed by atoms with Gasteiger partial charge in [-0.2, -0.15) is 0 Å². The monoisotopic (exact) mass is 271 g/mol. The van der Waals surface area contributed by atoms with Crippen molar-refractivity contribution in [3.8, 4) is 0 Å². The van der Waals surface area contributed by atoms with Crippen LogP contribution in [-0.4, -0.2) is 57.5 Å². The van der Waals surface area contributed by atoms with Gasteiger partial charge in [0.05, 0.1) is 18.1 Å². The average Bonchev–Trinajstić information content (AvgIpc) is 2.37.